The molecule has 1 aliphatic carbocycles. The van der Waals surface area contributed by atoms with E-state index >= 15 is 0 Å². The van der Waals surface area contributed by atoms with Crippen LogP contribution in [0, 0.1) is 0 Å². The van der Waals surface area contributed by atoms with Crippen LogP contribution in [0.2, 0.25) is 0 Å². The predicted molar refractivity (Wildman–Crippen MR) is 91.8 cm³/mol. The van der Waals surface area contributed by atoms with E-state index in [2.05, 4.69) is 25.9 Å². The second kappa shape index (κ2) is 7.67. The first-order valence-electron chi connectivity index (χ1n) is 8.92. The Kier molecular flexibility index (Phi) is 5.35. The van der Waals surface area contributed by atoms with Crippen molar-refractivity contribution in [1.82, 2.24) is 30.6 Å². The summed E-state index contributed by atoms with van der Waals surface area (Å²) in [6.45, 7) is 3.75. The highest BCUT2D eigenvalue weighted by molar-refractivity contribution is 5.74. The third kappa shape index (κ3) is 4.37. The molecule has 25 heavy (non-hydrogen) atoms. The van der Waals surface area contributed by atoms with E-state index in [1.165, 1.54) is 19.3 Å². The van der Waals surface area contributed by atoms with Crippen molar-refractivity contribution in [2.45, 2.75) is 64.0 Å². The maximum Gasteiger partial charge on any atom is 0.315 e. The Balaban J connectivity index is 1.53. The lowest BCUT2D eigenvalue weighted by Crippen LogP contribution is -2.38. The van der Waals surface area contributed by atoms with Gasteiger partial charge in [0.15, 0.2) is 5.82 Å². The molecule has 0 unspecified atom stereocenters. The van der Waals surface area contributed by atoms with Crippen molar-refractivity contribution in [2.75, 3.05) is 0 Å². The molecule has 0 spiro atoms. The molecule has 0 radical (unpaired) electrons. The maximum absolute atomic E-state index is 12.2. The van der Waals surface area contributed by atoms with E-state index in [0.717, 1.165) is 24.2 Å². The second-order valence-electron chi connectivity index (χ2n) is 6.83. The fraction of sp³-hybridized carbons (Fsp3) is 0.647. The van der Waals surface area contributed by atoms with Crippen molar-refractivity contribution >= 4 is 6.03 Å². The number of nitrogens with one attached hydrogen (secondary N) is 2. The zero-order valence-electron chi connectivity index (χ0n) is 15.0. The zero-order valence-corrected chi connectivity index (χ0v) is 15.0. The number of carbonyl (C=O) groups is 1. The van der Waals surface area contributed by atoms with Gasteiger partial charge in [-0.05, 0) is 26.7 Å². The van der Waals surface area contributed by atoms with E-state index in [-0.39, 0.29) is 18.1 Å². The Hall–Kier alpha value is -2.38. The van der Waals surface area contributed by atoms with E-state index in [4.69, 9.17) is 4.52 Å². The van der Waals surface area contributed by atoms with E-state index < -0.39 is 0 Å². The Bertz CT molecular complexity index is 704. The smallest absolute Gasteiger partial charge is 0.315 e. The highest BCUT2D eigenvalue weighted by Gasteiger charge is 2.23. The normalized spacial score (nSPS) is 17.9. The molecule has 2 atom stereocenters. The van der Waals surface area contributed by atoms with Crippen molar-refractivity contribution in [3.63, 3.8) is 0 Å². The van der Waals surface area contributed by atoms with Crippen molar-refractivity contribution < 1.29 is 9.32 Å². The molecule has 1 fully saturated rings. The van der Waals surface area contributed by atoms with E-state index in [0.29, 0.717) is 11.8 Å². The number of nitrogens with zero attached hydrogens (tertiary/aromatic N) is 4. The molecular weight excluding hydrogens is 320 g/mol. The number of rotatable bonds is 5. The first-order chi connectivity index (χ1) is 12.0. The molecule has 0 bridgehead atoms. The van der Waals surface area contributed by atoms with Gasteiger partial charge in [0.1, 0.15) is 6.04 Å². The third-order valence-electron chi connectivity index (χ3n) is 4.72. The van der Waals surface area contributed by atoms with Gasteiger partial charge in [0.2, 0.25) is 5.89 Å². The minimum atomic E-state index is -0.342. The van der Waals surface area contributed by atoms with Gasteiger partial charge in [-0.1, -0.05) is 24.4 Å². The number of carbonyl (C=O) groups excluding carboxylic acids is 1. The lowest BCUT2D eigenvalue weighted by atomic mass is 9.89. The lowest BCUT2D eigenvalue weighted by molar-refractivity contribution is 0.231. The topological polar surface area (TPSA) is 97.9 Å². The quantitative estimate of drug-likeness (QED) is 0.867. The van der Waals surface area contributed by atoms with Gasteiger partial charge >= 0.3 is 6.03 Å². The number of aryl methyl sites for hydroxylation is 1. The molecule has 0 aliphatic heterocycles. The summed E-state index contributed by atoms with van der Waals surface area (Å²) >= 11 is 0. The van der Waals surface area contributed by atoms with Crippen LogP contribution in [0.25, 0.3) is 0 Å². The van der Waals surface area contributed by atoms with Gasteiger partial charge in [-0.25, -0.2) is 4.79 Å². The Labute approximate surface area is 147 Å². The molecular formula is C17H26N6O2. The molecule has 2 aromatic heterocycles. The third-order valence-corrected chi connectivity index (χ3v) is 4.72. The summed E-state index contributed by atoms with van der Waals surface area (Å²) in [5, 5.41) is 14.0. The summed E-state index contributed by atoms with van der Waals surface area (Å²) in [7, 11) is 1.85. The van der Waals surface area contributed by atoms with Crippen molar-refractivity contribution in [3.05, 3.63) is 29.7 Å². The van der Waals surface area contributed by atoms with Crippen molar-refractivity contribution in [3.8, 4) is 0 Å². The molecule has 2 N–H and O–H groups in total. The maximum atomic E-state index is 12.2. The van der Waals surface area contributed by atoms with Gasteiger partial charge in [0.05, 0.1) is 12.2 Å². The monoisotopic (exact) mass is 346 g/mol. The summed E-state index contributed by atoms with van der Waals surface area (Å²) in [6, 6.07) is -0.756. The summed E-state index contributed by atoms with van der Waals surface area (Å²) in [5.74, 6) is 1.61. The first-order valence-corrected chi connectivity index (χ1v) is 8.92. The van der Waals surface area contributed by atoms with Crippen molar-refractivity contribution in [2.24, 2.45) is 7.05 Å². The second-order valence-corrected chi connectivity index (χ2v) is 6.83. The van der Waals surface area contributed by atoms with Gasteiger partial charge in [-0.3, -0.25) is 4.68 Å². The average molecular weight is 346 g/mol. The minimum absolute atomic E-state index is 0.138. The molecule has 8 heteroatoms. The fourth-order valence-corrected chi connectivity index (χ4v) is 3.19. The van der Waals surface area contributed by atoms with Gasteiger partial charge in [0, 0.05) is 24.7 Å². The summed E-state index contributed by atoms with van der Waals surface area (Å²) in [4.78, 5) is 16.7. The molecule has 2 heterocycles. The molecule has 1 saturated carbocycles. The van der Waals surface area contributed by atoms with Crippen LogP contribution in [0.15, 0.2) is 16.9 Å². The molecule has 0 saturated heterocycles. The van der Waals surface area contributed by atoms with E-state index in [1.807, 2.05) is 27.1 Å². The van der Waals surface area contributed by atoms with Crippen LogP contribution in [0.1, 0.15) is 81.2 Å². The minimum Gasteiger partial charge on any atom is -0.337 e. The Morgan fingerprint density at radius 2 is 1.96 bits per heavy atom. The van der Waals surface area contributed by atoms with Gasteiger partial charge < -0.3 is 15.2 Å². The molecule has 2 amide bonds. The number of aromatic nitrogens is 4. The Morgan fingerprint density at radius 1 is 1.24 bits per heavy atom. The predicted octanol–water partition coefficient (Wildman–Crippen LogP) is 2.97. The molecule has 3 rings (SSSR count). The fourth-order valence-electron chi connectivity index (χ4n) is 3.19. The SMILES string of the molecule is C[C@H](NC(=O)N[C@H](C)c1cnn(C)c1)c1nc(C2CCCCC2)no1. The van der Waals surface area contributed by atoms with Crippen LogP contribution in [-0.4, -0.2) is 26.0 Å². The summed E-state index contributed by atoms with van der Waals surface area (Å²) < 4.78 is 7.06. The van der Waals surface area contributed by atoms with Crippen LogP contribution in [0.3, 0.4) is 0 Å². The summed E-state index contributed by atoms with van der Waals surface area (Å²) in [5.41, 5.74) is 0.947. The molecule has 136 valence electrons. The number of urea groups is 1. The number of hydrogen-bond donors (Lipinski definition) is 2. The highest BCUT2D eigenvalue weighted by Crippen LogP contribution is 2.31. The molecule has 1 aliphatic rings. The van der Waals surface area contributed by atoms with Crippen LogP contribution in [0.5, 0.6) is 0 Å². The first kappa shape index (κ1) is 17.4. The highest BCUT2D eigenvalue weighted by atomic mass is 16.5. The van der Waals surface area contributed by atoms with Crippen LogP contribution < -0.4 is 10.6 Å². The van der Waals surface area contributed by atoms with Crippen LogP contribution >= 0.6 is 0 Å². The van der Waals surface area contributed by atoms with Gasteiger partial charge in [-0.15, -0.1) is 0 Å². The summed E-state index contributed by atoms with van der Waals surface area (Å²) in [6.07, 6.45) is 9.57. The number of amides is 2. The Morgan fingerprint density at radius 3 is 2.64 bits per heavy atom. The molecule has 8 nitrogen and oxygen atoms in total. The zero-order chi connectivity index (χ0) is 17.8. The van der Waals surface area contributed by atoms with Crippen LogP contribution in [-0.2, 0) is 7.05 Å². The van der Waals surface area contributed by atoms with Crippen LogP contribution in [0.4, 0.5) is 4.79 Å². The van der Waals surface area contributed by atoms with E-state index in [1.54, 1.807) is 10.9 Å². The molecule has 0 aromatic carbocycles. The van der Waals surface area contributed by atoms with Gasteiger partial charge in [0.25, 0.3) is 0 Å². The number of hydrogen-bond acceptors (Lipinski definition) is 5. The average Bonchev–Trinajstić information content (AvgIpc) is 3.24. The van der Waals surface area contributed by atoms with Gasteiger partial charge in [-0.2, -0.15) is 10.1 Å². The standard InChI is InChI=1S/C17H26N6O2/c1-11(14-9-18-23(3)10-14)19-17(24)20-12(2)16-21-15(22-25-16)13-7-5-4-6-8-13/h9-13H,4-8H2,1-3H3,(H2,19,20,24)/t11-,12+/m1/s1. The van der Waals surface area contributed by atoms with Crippen molar-refractivity contribution in [1.29, 1.82) is 0 Å². The molecule has 2 aromatic rings. The van der Waals surface area contributed by atoms with E-state index in [9.17, 15) is 4.79 Å². The lowest BCUT2D eigenvalue weighted by Gasteiger charge is -2.17. The largest absolute Gasteiger partial charge is 0.337 e.